The fourth-order valence-electron chi connectivity index (χ4n) is 2.01. The summed E-state index contributed by atoms with van der Waals surface area (Å²) in [7, 11) is 1.59. The normalized spacial score (nSPS) is 13.2. The van der Waals surface area contributed by atoms with Crippen molar-refractivity contribution in [3.63, 3.8) is 0 Å². The van der Waals surface area contributed by atoms with Crippen molar-refractivity contribution >= 4 is 17.4 Å². The first kappa shape index (κ1) is 16.3. The zero-order valence-corrected chi connectivity index (χ0v) is 13.4. The van der Waals surface area contributed by atoms with E-state index in [1.54, 1.807) is 14.0 Å². The smallest absolute Gasteiger partial charge is 0.315 e. The molecule has 0 bridgehead atoms. The second kappa shape index (κ2) is 7.29. The van der Waals surface area contributed by atoms with Gasteiger partial charge in [0, 0.05) is 12.1 Å². The first-order valence-electron chi connectivity index (χ1n) is 6.91. The number of nitrogens with one attached hydrogen (secondary N) is 2. The van der Waals surface area contributed by atoms with Gasteiger partial charge in [-0.2, -0.15) is 11.3 Å². The lowest BCUT2D eigenvalue weighted by Crippen LogP contribution is -2.43. The molecule has 1 aromatic heterocycles. The number of urea groups is 1. The van der Waals surface area contributed by atoms with Crippen molar-refractivity contribution < 1.29 is 14.6 Å². The van der Waals surface area contributed by atoms with Gasteiger partial charge in [-0.05, 0) is 35.4 Å². The number of ether oxygens (including phenoxy) is 1. The maximum Gasteiger partial charge on any atom is 0.315 e. The Morgan fingerprint density at radius 2 is 2.09 bits per heavy atom. The Bertz CT molecular complexity index is 612. The SMILES string of the molecule is COc1ccccc1CNC(=O)NCC(C)(O)c1ccsc1. The molecule has 0 aliphatic heterocycles. The number of para-hydroxylation sites is 1. The van der Waals surface area contributed by atoms with E-state index in [0.717, 1.165) is 16.9 Å². The predicted octanol–water partition coefficient (Wildman–Crippen LogP) is 2.46. The first-order valence-corrected chi connectivity index (χ1v) is 7.86. The first-order chi connectivity index (χ1) is 10.5. The molecule has 22 heavy (non-hydrogen) atoms. The topological polar surface area (TPSA) is 70.6 Å². The van der Waals surface area contributed by atoms with Crippen LogP contribution in [0.25, 0.3) is 0 Å². The second-order valence-corrected chi connectivity index (χ2v) is 5.91. The van der Waals surface area contributed by atoms with Crippen LogP contribution in [0.4, 0.5) is 4.79 Å². The number of hydrogen-bond acceptors (Lipinski definition) is 4. The van der Waals surface area contributed by atoms with E-state index in [1.807, 2.05) is 41.1 Å². The van der Waals surface area contributed by atoms with E-state index in [9.17, 15) is 9.90 Å². The molecular formula is C16H20N2O3S. The van der Waals surface area contributed by atoms with E-state index < -0.39 is 5.60 Å². The largest absolute Gasteiger partial charge is 0.496 e. The molecule has 0 spiro atoms. The Kier molecular flexibility index (Phi) is 5.41. The number of carbonyl (C=O) groups excluding carboxylic acids is 1. The van der Waals surface area contributed by atoms with Gasteiger partial charge in [-0.25, -0.2) is 4.79 Å². The predicted molar refractivity (Wildman–Crippen MR) is 87.1 cm³/mol. The van der Waals surface area contributed by atoms with Gasteiger partial charge in [0.25, 0.3) is 0 Å². The molecule has 2 amide bonds. The summed E-state index contributed by atoms with van der Waals surface area (Å²) < 4.78 is 5.23. The van der Waals surface area contributed by atoms with Crippen molar-refractivity contribution in [3.05, 3.63) is 52.2 Å². The summed E-state index contributed by atoms with van der Waals surface area (Å²) in [5.41, 5.74) is 0.606. The van der Waals surface area contributed by atoms with Crippen LogP contribution >= 0.6 is 11.3 Å². The summed E-state index contributed by atoms with van der Waals surface area (Å²) in [4.78, 5) is 11.9. The van der Waals surface area contributed by atoms with Gasteiger partial charge in [0.1, 0.15) is 11.4 Å². The molecule has 118 valence electrons. The average Bonchev–Trinajstić information content (AvgIpc) is 3.06. The van der Waals surface area contributed by atoms with E-state index in [2.05, 4.69) is 10.6 Å². The fourth-order valence-corrected chi connectivity index (χ4v) is 2.80. The molecule has 0 fully saturated rings. The Morgan fingerprint density at radius 3 is 2.77 bits per heavy atom. The van der Waals surface area contributed by atoms with Crippen LogP contribution in [0, 0.1) is 0 Å². The Morgan fingerprint density at radius 1 is 1.32 bits per heavy atom. The van der Waals surface area contributed by atoms with Crippen LogP contribution in [0.1, 0.15) is 18.1 Å². The number of aliphatic hydroxyl groups is 1. The fraction of sp³-hybridized carbons (Fsp3) is 0.312. The van der Waals surface area contributed by atoms with Gasteiger partial charge in [0.15, 0.2) is 0 Å². The number of methoxy groups -OCH3 is 1. The maximum absolute atomic E-state index is 11.9. The van der Waals surface area contributed by atoms with Crippen LogP contribution in [0.2, 0.25) is 0 Å². The number of benzene rings is 1. The highest BCUT2D eigenvalue weighted by atomic mass is 32.1. The van der Waals surface area contributed by atoms with Crippen molar-refractivity contribution in [3.8, 4) is 5.75 Å². The number of amides is 2. The highest BCUT2D eigenvalue weighted by Gasteiger charge is 2.24. The molecule has 2 rings (SSSR count). The highest BCUT2D eigenvalue weighted by molar-refractivity contribution is 7.08. The molecule has 0 radical (unpaired) electrons. The summed E-state index contributed by atoms with van der Waals surface area (Å²) in [6.07, 6.45) is 0. The lowest BCUT2D eigenvalue weighted by Gasteiger charge is -2.23. The monoisotopic (exact) mass is 320 g/mol. The summed E-state index contributed by atoms with van der Waals surface area (Å²) in [6, 6.07) is 9.01. The minimum atomic E-state index is -1.08. The zero-order valence-electron chi connectivity index (χ0n) is 12.6. The van der Waals surface area contributed by atoms with Crippen LogP contribution in [-0.4, -0.2) is 24.8 Å². The molecule has 2 aromatic rings. The minimum Gasteiger partial charge on any atom is -0.496 e. The molecule has 5 nitrogen and oxygen atoms in total. The van der Waals surface area contributed by atoms with E-state index in [1.165, 1.54) is 11.3 Å². The van der Waals surface area contributed by atoms with E-state index in [0.29, 0.717) is 6.54 Å². The van der Waals surface area contributed by atoms with Gasteiger partial charge in [-0.3, -0.25) is 0 Å². The molecular weight excluding hydrogens is 300 g/mol. The molecule has 0 saturated heterocycles. The Hall–Kier alpha value is -2.05. The molecule has 6 heteroatoms. The van der Waals surface area contributed by atoms with Crippen molar-refractivity contribution in [1.29, 1.82) is 0 Å². The third-order valence-electron chi connectivity index (χ3n) is 3.37. The van der Waals surface area contributed by atoms with Crippen LogP contribution in [0.3, 0.4) is 0 Å². The molecule has 0 aliphatic carbocycles. The van der Waals surface area contributed by atoms with E-state index >= 15 is 0 Å². The zero-order chi connectivity index (χ0) is 16.0. The number of thiophene rings is 1. The molecule has 1 atom stereocenters. The van der Waals surface area contributed by atoms with Gasteiger partial charge in [-0.15, -0.1) is 0 Å². The third-order valence-corrected chi connectivity index (χ3v) is 4.05. The van der Waals surface area contributed by atoms with Crippen molar-refractivity contribution in [1.82, 2.24) is 10.6 Å². The van der Waals surface area contributed by atoms with Crippen molar-refractivity contribution in [2.75, 3.05) is 13.7 Å². The minimum absolute atomic E-state index is 0.140. The quantitative estimate of drug-likeness (QED) is 0.766. The average molecular weight is 320 g/mol. The van der Waals surface area contributed by atoms with E-state index in [-0.39, 0.29) is 12.6 Å². The second-order valence-electron chi connectivity index (χ2n) is 5.13. The maximum atomic E-state index is 11.9. The third kappa shape index (κ3) is 4.22. The molecule has 1 aromatic carbocycles. The highest BCUT2D eigenvalue weighted by Crippen LogP contribution is 2.22. The Labute approximate surface area is 133 Å². The number of carbonyl (C=O) groups is 1. The number of hydrogen-bond donors (Lipinski definition) is 3. The Balaban J connectivity index is 1.83. The molecule has 1 heterocycles. The standard InChI is InChI=1S/C16H20N2O3S/c1-16(20,13-7-8-22-10-13)11-18-15(19)17-9-12-5-3-4-6-14(12)21-2/h3-8,10,20H,9,11H2,1-2H3,(H2,17,18,19). The van der Waals surface area contributed by atoms with Crippen LogP contribution in [-0.2, 0) is 12.1 Å². The summed E-state index contributed by atoms with van der Waals surface area (Å²) in [5.74, 6) is 0.730. The molecule has 0 aliphatic rings. The van der Waals surface area contributed by atoms with Crippen molar-refractivity contribution in [2.24, 2.45) is 0 Å². The summed E-state index contributed by atoms with van der Waals surface area (Å²) in [5, 5.41) is 19.5. The van der Waals surface area contributed by atoms with Gasteiger partial charge in [0.2, 0.25) is 0 Å². The van der Waals surface area contributed by atoms with Gasteiger partial charge in [0.05, 0.1) is 13.7 Å². The van der Waals surface area contributed by atoms with Gasteiger partial charge in [-0.1, -0.05) is 18.2 Å². The molecule has 1 unspecified atom stereocenters. The van der Waals surface area contributed by atoms with Crippen LogP contribution in [0.5, 0.6) is 5.75 Å². The number of rotatable bonds is 6. The summed E-state index contributed by atoms with van der Waals surface area (Å²) in [6.45, 7) is 2.17. The van der Waals surface area contributed by atoms with Gasteiger partial charge < -0.3 is 20.5 Å². The summed E-state index contributed by atoms with van der Waals surface area (Å²) >= 11 is 1.51. The van der Waals surface area contributed by atoms with Crippen molar-refractivity contribution in [2.45, 2.75) is 19.1 Å². The van der Waals surface area contributed by atoms with Crippen LogP contribution < -0.4 is 15.4 Å². The lowest BCUT2D eigenvalue weighted by atomic mass is 9.99. The molecule has 3 N–H and O–H groups in total. The van der Waals surface area contributed by atoms with Crippen LogP contribution in [0.15, 0.2) is 41.1 Å². The molecule has 0 saturated carbocycles. The van der Waals surface area contributed by atoms with E-state index in [4.69, 9.17) is 4.74 Å². The van der Waals surface area contributed by atoms with Gasteiger partial charge >= 0.3 is 6.03 Å². The lowest BCUT2D eigenvalue weighted by molar-refractivity contribution is 0.0598.